The normalized spacial score (nSPS) is 17.1. The molecule has 1 aliphatic heterocycles. The average Bonchev–Trinajstić information content (AvgIpc) is 3.18. The first-order valence-corrected chi connectivity index (χ1v) is 12.7. The number of carbonyl (C=O) groups excluding carboxylic acids is 1. The van der Waals surface area contributed by atoms with Gasteiger partial charge in [0.1, 0.15) is 0 Å². The Morgan fingerprint density at radius 3 is 2.48 bits per heavy atom. The molecule has 2 aromatic carbocycles. The summed E-state index contributed by atoms with van der Waals surface area (Å²) in [6.45, 7) is 5.19. The molecule has 2 heterocycles. The number of hydrogen-bond donors (Lipinski definition) is 1. The maximum absolute atomic E-state index is 12.9. The van der Waals surface area contributed by atoms with E-state index in [-0.39, 0.29) is 23.3 Å². The molecule has 0 aliphatic carbocycles. The zero-order chi connectivity index (χ0) is 23.4. The molecule has 0 spiro atoms. The Kier molecular flexibility index (Phi) is 6.95. The maximum Gasteiger partial charge on any atom is 0.243 e. The monoisotopic (exact) mass is 466 g/mol. The largest absolute Gasteiger partial charge is 0.355 e. The van der Waals surface area contributed by atoms with Crippen molar-refractivity contribution >= 4 is 15.9 Å². The SMILES string of the molecule is Cc1cc(C)n(-c2ccc(CCNC(=O)C3CCCN(S(=O)(=O)c4ccccc4)C3)cc2)n1. The fourth-order valence-electron chi connectivity index (χ4n) is 4.28. The van der Waals surface area contributed by atoms with Gasteiger partial charge in [0.05, 0.1) is 22.2 Å². The molecule has 1 unspecified atom stereocenters. The van der Waals surface area contributed by atoms with Gasteiger partial charge in [-0.2, -0.15) is 9.40 Å². The fourth-order valence-corrected chi connectivity index (χ4v) is 5.83. The predicted molar refractivity (Wildman–Crippen MR) is 128 cm³/mol. The third kappa shape index (κ3) is 5.34. The molecule has 7 nitrogen and oxygen atoms in total. The molecule has 0 bridgehead atoms. The van der Waals surface area contributed by atoms with Gasteiger partial charge in [0, 0.05) is 25.3 Å². The van der Waals surface area contributed by atoms with Crippen LogP contribution in [-0.4, -0.2) is 48.0 Å². The van der Waals surface area contributed by atoms with Crippen LogP contribution in [0.2, 0.25) is 0 Å². The highest BCUT2D eigenvalue weighted by Gasteiger charge is 2.33. The van der Waals surface area contributed by atoms with Crippen molar-refractivity contribution in [3.05, 3.63) is 77.6 Å². The lowest BCUT2D eigenvalue weighted by Crippen LogP contribution is -2.45. The number of aryl methyl sites for hydroxylation is 2. The average molecular weight is 467 g/mol. The molecule has 33 heavy (non-hydrogen) atoms. The van der Waals surface area contributed by atoms with Crippen molar-refractivity contribution in [1.82, 2.24) is 19.4 Å². The van der Waals surface area contributed by atoms with Crippen LogP contribution in [0.3, 0.4) is 0 Å². The topological polar surface area (TPSA) is 84.3 Å². The van der Waals surface area contributed by atoms with Gasteiger partial charge in [-0.25, -0.2) is 13.1 Å². The van der Waals surface area contributed by atoms with Gasteiger partial charge in [-0.05, 0) is 69.0 Å². The second-order valence-electron chi connectivity index (χ2n) is 8.56. The number of sulfonamides is 1. The summed E-state index contributed by atoms with van der Waals surface area (Å²) in [4.78, 5) is 13.0. The summed E-state index contributed by atoms with van der Waals surface area (Å²) in [5, 5.41) is 7.50. The van der Waals surface area contributed by atoms with Crippen LogP contribution in [0.5, 0.6) is 0 Å². The lowest BCUT2D eigenvalue weighted by Gasteiger charge is -2.31. The summed E-state index contributed by atoms with van der Waals surface area (Å²) in [5.41, 5.74) is 4.20. The van der Waals surface area contributed by atoms with E-state index in [1.807, 2.05) is 48.9 Å². The van der Waals surface area contributed by atoms with Gasteiger partial charge in [-0.15, -0.1) is 0 Å². The van der Waals surface area contributed by atoms with E-state index in [9.17, 15) is 13.2 Å². The molecule has 4 rings (SSSR count). The number of carbonyl (C=O) groups is 1. The van der Waals surface area contributed by atoms with E-state index in [2.05, 4.69) is 10.4 Å². The highest BCUT2D eigenvalue weighted by atomic mass is 32.2. The molecule has 0 saturated carbocycles. The number of piperidine rings is 1. The highest BCUT2D eigenvalue weighted by molar-refractivity contribution is 7.89. The van der Waals surface area contributed by atoms with Crippen LogP contribution in [0.4, 0.5) is 0 Å². The van der Waals surface area contributed by atoms with Gasteiger partial charge in [-0.3, -0.25) is 4.79 Å². The number of amides is 1. The van der Waals surface area contributed by atoms with E-state index in [4.69, 9.17) is 0 Å². The minimum Gasteiger partial charge on any atom is -0.355 e. The molecule has 3 aromatic rings. The molecule has 1 N–H and O–H groups in total. The molecular weight excluding hydrogens is 436 g/mol. The van der Waals surface area contributed by atoms with Crippen LogP contribution in [0.1, 0.15) is 29.8 Å². The summed E-state index contributed by atoms with van der Waals surface area (Å²) in [5.74, 6) is -0.409. The second kappa shape index (κ2) is 9.89. The van der Waals surface area contributed by atoms with Crippen LogP contribution >= 0.6 is 0 Å². The summed E-state index contributed by atoms with van der Waals surface area (Å²) in [6, 6.07) is 18.6. The molecule has 1 aliphatic rings. The first-order valence-electron chi connectivity index (χ1n) is 11.3. The quantitative estimate of drug-likeness (QED) is 0.579. The first kappa shape index (κ1) is 23.2. The van der Waals surface area contributed by atoms with Gasteiger partial charge < -0.3 is 5.32 Å². The molecule has 1 saturated heterocycles. The number of nitrogens with one attached hydrogen (secondary N) is 1. The Morgan fingerprint density at radius 1 is 1.09 bits per heavy atom. The summed E-state index contributed by atoms with van der Waals surface area (Å²) in [6.07, 6.45) is 2.09. The Balaban J connectivity index is 1.30. The van der Waals surface area contributed by atoms with E-state index < -0.39 is 10.0 Å². The maximum atomic E-state index is 12.9. The minimum atomic E-state index is -3.57. The summed E-state index contributed by atoms with van der Waals surface area (Å²) in [7, 11) is -3.57. The minimum absolute atomic E-state index is 0.0813. The molecule has 0 radical (unpaired) electrons. The van der Waals surface area contributed by atoms with Crippen LogP contribution in [0.25, 0.3) is 5.69 Å². The van der Waals surface area contributed by atoms with Crippen molar-refractivity contribution in [1.29, 1.82) is 0 Å². The molecule has 1 amide bonds. The van der Waals surface area contributed by atoms with Crippen molar-refractivity contribution in [2.75, 3.05) is 19.6 Å². The summed E-state index contributed by atoms with van der Waals surface area (Å²) >= 11 is 0. The molecule has 8 heteroatoms. The van der Waals surface area contributed by atoms with Crippen molar-refractivity contribution in [3.63, 3.8) is 0 Å². The van der Waals surface area contributed by atoms with Crippen LogP contribution in [-0.2, 0) is 21.2 Å². The van der Waals surface area contributed by atoms with E-state index >= 15 is 0 Å². The lowest BCUT2D eigenvalue weighted by molar-refractivity contribution is -0.126. The zero-order valence-corrected chi connectivity index (χ0v) is 19.9. The van der Waals surface area contributed by atoms with Gasteiger partial charge in [0.15, 0.2) is 0 Å². The highest BCUT2D eigenvalue weighted by Crippen LogP contribution is 2.24. The predicted octanol–water partition coefficient (Wildman–Crippen LogP) is 3.25. The Hall–Kier alpha value is -2.97. The Labute approximate surface area is 195 Å². The summed E-state index contributed by atoms with van der Waals surface area (Å²) < 4.78 is 29.1. The number of benzene rings is 2. The standard InChI is InChI=1S/C25H30N4O3S/c1-19-17-20(2)29(27-19)23-12-10-21(11-13-23)14-15-26-25(30)22-7-6-16-28(18-22)33(31,32)24-8-4-3-5-9-24/h3-5,8-13,17,22H,6-7,14-16,18H2,1-2H3,(H,26,30). The molecule has 174 valence electrons. The van der Waals surface area contributed by atoms with Gasteiger partial charge in [-0.1, -0.05) is 30.3 Å². The van der Waals surface area contributed by atoms with Crippen molar-refractivity contribution in [2.24, 2.45) is 5.92 Å². The van der Waals surface area contributed by atoms with Crippen LogP contribution < -0.4 is 5.32 Å². The molecule has 1 fully saturated rings. The Bertz CT molecular complexity index is 1200. The van der Waals surface area contributed by atoms with Gasteiger partial charge in [0.25, 0.3) is 0 Å². The smallest absolute Gasteiger partial charge is 0.243 e. The van der Waals surface area contributed by atoms with Gasteiger partial charge in [0.2, 0.25) is 15.9 Å². The number of rotatable bonds is 7. The lowest BCUT2D eigenvalue weighted by atomic mass is 9.99. The Morgan fingerprint density at radius 2 is 1.82 bits per heavy atom. The number of hydrogen-bond acceptors (Lipinski definition) is 4. The van der Waals surface area contributed by atoms with Crippen molar-refractivity contribution in [2.45, 2.75) is 38.0 Å². The van der Waals surface area contributed by atoms with E-state index in [0.29, 0.717) is 32.4 Å². The molecule has 1 aromatic heterocycles. The number of nitrogens with zero attached hydrogens (tertiary/aromatic N) is 3. The van der Waals surface area contributed by atoms with E-state index in [1.165, 1.54) is 4.31 Å². The van der Waals surface area contributed by atoms with E-state index in [1.54, 1.807) is 30.3 Å². The molecule has 1 atom stereocenters. The van der Waals surface area contributed by atoms with Crippen molar-refractivity contribution < 1.29 is 13.2 Å². The second-order valence-corrected chi connectivity index (χ2v) is 10.5. The first-order chi connectivity index (χ1) is 15.8. The number of aromatic nitrogens is 2. The van der Waals surface area contributed by atoms with Gasteiger partial charge >= 0.3 is 0 Å². The third-order valence-corrected chi connectivity index (χ3v) is 7.92. The van der Waals surface area contributed by atoms with E-state index in [0.717, 1.165) is 22.6 Å². The molecular formula is C25H30N4O3S. The zero-order valence-electron chi connectivity index (χ0n) is 19.1. The van der Waals surface area contributed by atoms with Crippen LogP contribution in [0, 0.1) is 19.8 Å². The fraction of sp³-hybridized carbons (Fsp3) is 0.360. The van der Waals surface area contributed by atoms with Crippen LogP contribution in [0.15, 0.2) is 65.6 Å². The third-order valence-electron chi connectivity index (χ3n) is 6.04. The van der Waals surface area contributed by atoms with Crippen molar-refractivity contribution in [3.8, 4) is 5.69 Å².